The van der Waals surface area contributed by atoms with Gasteiger partial charge in [-0.05, 0) is 101 Å². The third-order valence-electron chi connectivity index (χ3n) is 21.1. The summed E-state index contributed by atoms with van der Waals surface area (Å²) in [6.07, 6.45) is -19.3. The molecule has 6 aromatic carbocycles. The van der Waals surface area contributed by atoms with Crippen molar-refractivity contribution in [2.45, 2.75) is 225 Å². The molecule has 0 spiro atoms. The van der Waals surface area contributed by atoms with E-state index in [-0.39, 0.29) is 63.9 Å². The number of carbonyl (C=O) groups is 2. The van der Waals surface area contributed by atoms with Crippen LogP contribution in [0.15, 0.2) is 197 Å². The summed E-state index contributed by atoms with van der Waals surface area (Å²) in [5.41, 5.74) is 37.1. The van der Waals surface area contributed by atoms with E-state index in [1.165, 1.54) is 11.8 Å². The second kappa shape index (κ2) is 39.1. The van der Waals surface area contributed by atoms with E-state index in [2.05, 4.69) is 43.9 Å². The fourth-order valence-electron chi connectivity index (χ4n) is 14.4. The van der Waals surface area contributed by atoms with Gasteiger partial charge in [-0.1, -0.05) is 232 Å². The molecule has 0 aliphatic carbocycles. The van der Waals surface area contributed by atoms with Gasteiger partial charge in [-0.15, -0.1) is 0 Å². The Kier molecular flexibility index (Phi) is 29.1. The average Bonchev–Trinajstić information content (AvgIpc) is 0.760. The Hall–Kier alpha value is -8.37. The van der Waals surface area contributed by atoms with Gasteiger partial charge in [0, 0.05) is 20.7 Å². The number of ketones is 1. The zero-order valence-electron chi connectivity index (χ0n) is 61.8. The fourth-order valence-corrected chi connectivity index (χ4v) is 14.4. The number of Topliss-reactive ketones (excluding diaryl/α,β-unsaturated/α-hetero) is 1. The Bertz CT molecular complexity index is 3870. The number of carbonyl (C=O) groups excluding carboxylic acids is 2. The Labute approximate surface area is 624 Å². The van der Waals surface area contributed by atoms with Gasteiger partial charge in [0.2, 0.25) is 0 Å². The van der Waals surface area contributed by atoms with E-state index in [4.69, 9.17) is 71.1 Å². The van der Waals surface area contributed by atoms with Gasteiger partial charge >= 0.3 is 6.09 Å². The first-order valence-corrected chi connectivity index (χ1v) is 36.7. The van der Waals surface area contributed by atoms with Crippen LogP contribution in [0.5, 0.6) is 0 Å². The van der Waals surface area contributed by atoms with Crippen LogP contribution in [-0.2, 0) is 115 Å². The molecule has 1 amide bonds. The van der Waals surface area contributed by atoms with Crippen LogP contribution in [0.3, 0.4) is 0 Å². The molecule has 5 fully saturated rings. The molecular formula is C80H98N10O17. The molecule has 8 unspecified atom stereocenters. The van der Waals surface area contributed by atoms with Crippen LogP contribution in [0.1, 0.15) is 95.7 Å². The second-order valence-electron chi connectivity index (χ2n) is 28.3. The molecule has 27 heteroatoms. The van der Waals surface area contributed by atoms with Gasteiger partial charge in [0.05, 0.1) is 70.1 Å². The van der Waals surface area contributed by atoms with E-state index in [1.807, 2.05) is 210 Å². The summed E-state index contributed by atoms with van der Waals surface area (Å²) < 4.78 is 103. The van der Waals surface area contributed by atoms with Crippen LogP contribution in [-0.4, -0.2) is 153 Å². The Balaban J connectivity index is 0.952. The van der Waals surface area contributed by atoms with Crippen molar-refractivity contribution in [3.8, 4) is 0 Å². The zero-order valence-corrected chi connectivity index (χ0v) is 61.8. The SMILES string of the molecule is CC(=O)C1O[C@@H](O[C@@H]2C(N=[N+]=[N-])[C@H](O[C@@H]3C(N=[N+]=[N-])[C@H](OCN(Cc4ccccc4)C(=O)OCc4ccccc4)OC(C)[C@H]3C)O[C@@H](C)[C@H]2O[C@@H]2OC(COCc3ccccc3)[C@@H](C)[C@H](C)C2OCc2ccccc2)C(O[C@@H]2O[C@@H](C)[C@@H](OCc3ccccc3)[C@H](OCc3ccccc3)C2N=[N+]=[N-])[C@@H](C)[C@@H]1C. The van der Waals surface area contributed by atoms with Gasteiger partial charge in [-0.3, -0.25) is 9.69 Å². The molecule has 0 radical (unpaired) electrons. The molecule has 5 aliphatic heterocycles. The molecule has 6 aromatic rings. The number of benzene rings is 6. The largest absolute Gasteiger partial charge is 0.444 e. The molecule has 5 saturated heterocycles. The van der Waals surface area contributed by atoms with Crippen LogP contribution < -0.4 is 0 Å². The van der Waals surface area contributed by atoms with Crippen LogP contribution in [0.2, 0.25) is 0 Å². The summed E-state index contributed by atoms with van der Waals surface area (Å²) in [5, 5.41) is 13.1. The Morgan fingerprint density at radius 1 is 0.383 bits per heavy atom. The molecular weight excluding hydrogens is 1370 g/mol. The topological polar surface area (TPSA) is 322 Å². The number of ether oxygens (including phenoxy) is 15. The summed E-state index contributed by atoms with van der Waals surface area (Å²) in [4.78, 5) is 39.5. The van der Waals surface area contributed by atoms with E-state index < -0.39 is 147 Å². The maximum Gasteiger partial charge on any atom is 0.412 e. The van der Waals surface area contributed by atoms with Crippen molar-refractivity contribution < 1.29 is 80.6 Å². The van der Waals surface area contributed by atoms with Gasteiger partial charge in [0.25, 0.3) is 0 Å². The molecule has 107 heavy (non-hydrogen) atoms. The van der Waals surface area contributed by atoms with Crippen molar-refractivity contribution in [3.05, 3.63) is 247 Å². The predicted octanol–water partition coefficient (Wildman–Crippen LogP) is 14.8. The summed E-state index contributed by atoms with van der Waals surface area (Å²) in [7, 11) is 0. The summed E-state index contributed by atoms with van der Waals surface area (Å²) in [6, 6.07) is 53.3. The minimum absolute atomic E-state index is 0.0155. The van der Waals surface area contributed by atoms with Crippen LogP contribution in [0, 0.1) is 29.6 Å². The molecule has 0 saturated carbocycles. The minimum Gasteiger partial charge on any atom is -0.444 e. The normalized spacial score (nSPS) is 32.8. The van der Waals surface area contributed by atoms with Crippen molar-refractivity contribution in [3.63, 3.8) is 0 Å². The zero-order chi connectivity index (χ0) is 75.3. The van der Waals surface area contributed by atoms with Gasteiger partial charge in [0.15, 0.2) is 37.2 Å². The highest BCUT2D eigenvalue weighted by Crippen LogP contribution is 2.44. The number of rotatable bonds is 32. The third-order valence-corrected chi connectivity index (χ3v) is 21.1. The lowest BCUT2D eigenvalue weighted by Gasteiger charge is -2.52. The highest BCUT2D eigenvalue weighted by Gasteiger charge is 2.57. The van der Waals surface area contributed by atoms with Crippen molar-refractivity contribution in [1.82, 2.24) is 4.90 Å². The standard InChI is InChI=1S/C80H98N10O17/c1-48-49(2)69(94-42-59-32-20-12-21-33-59)78(102-63(48)46-93-41-58-30-18-11-19-31-58)106-72-56(9)101-77(104-68-52(5)54(7)99-75(64(68)84-87-81)98-47-90(40-57-28-16-10-17-29-57)80(92)97-45-62-38-26-15-27-39-62)66(86-89-83)74(72)107-79-70(51(4)50(3)67(103-79)53(6)91)105-76-65(85-88-82)73(96-44-61-36-24-14-25-37-61)71(55(8)100-76)95-43-60-34-22-13-23-35-60/h10-39,48-52,54-56,63-79H,40-47H2,1-9H3/t48-,49-,50-,51-,52+,54?,55-,56-,63?,64?,65?,66?,67?,68-,69?,70?,71+,72+,73+,74+,75+,76-,77-,78-,79-/m0/s1. The van der Waals surface area contributed by atoms with Gasteiger partial charge in [0.1, 0.15) is 74.2 Å². The third kappa shape index (κ3) is 20.7. The van der Waals surface area contributed by atoms with E-state index in [9.17, 15) is 26.2 Å². The Morgan fingerprint density at radius 2 is 0.785 bits per heavy atom. The van der Waals surface area contributed by atoms with Crippen molar-refractivity contribution in [2.24, 2.45) is 44.9 Å². The molecule has 25 atom stereocenters. The molecule has 0 bridgehead atoms. The first-order chi connectivity index (χ1) is 52.0. The van der Waals surface area contributed by atoms with E-state index >= 15 is 0 Å². The van der Waals surface area contributed by atoms with E-state index in [1.54, 1.807) is 13.8 Å². The van der Waals surface area contributed by atoms with Crippen molar-refractivity contribution >= 4 is 11.9 Å². The van der Waals surface area contributed by atoms with Crippen LogP contribution in [0.25, 0.3) is 31.3 Å². The number of azide groups is 3. The number of hydrogen-bond acceptors (Lipinski definition) is 20. The second-order valence-corrected chi connectivity index (χ2v) is 28.3. The number of hydrogen-bond donors (Lipinski definition) is 0. The summed E-state index contributed by atoms with van der Waals surface area (Å²) in [5.74, 6) is -2.39. The van der Waals surface area contributed by atoms with Crippen molar-refractivity contribution in [2.75, 3.05) is 13.3 Å². The highest BCUT2D eigenvalue weighted by atomic mass is 16.8. The average molecular weight is 1470 g/mol. The number of amides is 1. The minimum atomic E-state index is -1.55. The molecule has 5 heterocycles. The number of nitrogens with zero attached hydrogens (tertiary/aromatic N) is 10. The molecule has 570 valence electrons. The summed E-state index contributed by atoms with van der Waals surface area (Å²) >= 11 is 0. The molecule has 0 aromatic heterocycles. The molecule has 27 nitrogen and oxygen atoms in total. The van der Waals surface area contributed by atoms with Gasteiger partial charge in [-0.2, -0.15) is 0 Å². The van der Waals surface area contributed by atoms with Crippen LogP contribution in [0.4, 0.5) is 4.79 Å². The lowest BCUT2D eigenvalue weighted by molar-refractivity contribution is -0.379. The van der Waals surface area contributed by atoms with Crippen molar-refractivity contribution in [1.29, 1.82) is 0 Å². The smallest absolute Gasteiger partial charge is 0.412 e. The van der Waals surface area contributed by atoms with Gasteiger partial charge < -0.3 is 71.1 Å². The maximum absolute atomic E-state index is 14.1. The Morgan fingerprint density at radius 3 is 1.30 bits per heavy atom. The maximum atomic E-state index is 14.1. The predicted molar refractivity (Wildman–Crippen MR) is 391 cm³/mol. The summed E-state index contributed by atoms with van der Waals surface area (Å²) in [6.45, 7) is 17.2. The van der Waals surface area contributed by atoms with Gasteiger partial charge in [-0.25, -0.2) is 4.79 Å². The first-order valence-electron chi connectivity index (χ1n) is 36.7. The van der Waals surface area contributed by atoms with E-state index in [0.717, 1.165) is 33.4 Å². The molecule has 11 rings (SSSR count). The lowest BCUT2D eigenvalue weighted by atomic mass is 9.82. The lowest BCUT2D eigenvalue weighted by Crippen LogP contribution is -2.66. The quantitative estimate of drug-likeness (QED) is 0.0164. The monoisotopic (exact) mass is 1470 g/mol. The van der Waals surface area contributed by atoms with E-state index in [0.29, 0.717) is 6.61 Å². The fraction of sp³-hybridized carbons (Fsp3) is 0.525. The van der Waals surface area contributed by atoms with Crippen LogP contribution >= 0.6 is 0 Å². The molecule has 5 aliphatic rings. The first kappa shape index (κ1) is 79.7. The highest BCUT2D eigenvalue weighted by molar-refractivity contribution is 5.81. The molecule has 0 N–H and O–H groups in total.